The van der Waals surface area contributed by atoms with Crippen molar-refractivity contribution in [1.82, 2.24) is 4.98 Å². The van der Waals surface area contributed by atoms with Gasteiger partial charge in [0.05, 0.1) is 5.56 Å². The van der Waals surface area contributed by atoms with Crippen molar-refractivity contribution in [3.63, 3.8) is 0 Å². The van der Waals surface area contributed by atoms with Crippen molar-refractivity contribution in [2.24, 2.45) is 5.73 Å². The third-order valence-corrected chi connectivity index (χ3v) is 4.30. The number of nitrogens with zero attached hydrogens (tertiary/aromatic N) is 1. The predicted molar refractivity (Wildman–Crippen MR) is 102 cm³/mol. The Morgan fingerprint density at radius 2 is 1.79 bits per heavy atom. The summed E-state index contributed by atoms with van der Waals surface area (Å²) in [6.45, 7) is 2.16. The summed E-state index contributed by atoms with van der Waals surface area (Å²) in [5, 5.41) is 2.75. The molecule has 1 aromatic heterocycles. The second-order valence-electron chi connectivity index (χ2n) is 6.29. The minimum Gasteiger partial charge on any atom is -0.326 e. The van der Waals surface area contributed by atoms with Crippen molar-refractivity contribution < 1.29 is 18.0 Å². The molecular weight excluding hydrogens is 367 g/mol. The van der Waals surface area contributed by atoms with Gasteiger partial charge in [0.1, 0.15) is 5.82 Å². The second-order valence-corrected chi connectivity index (χ2v) is 6.29. The van der Waals surface area contributed by atoms with E-state index in [9.17, 15) is 18.0 Å². The number of hydrogen-bond donors (Lipinski definition) is 2. The molecule has 144 valence electrons. The van der Waals surface area contributed by atoms with E-state index in [0.29, 0.717) is 29.1 Å². The van der Waals surface area contributed by atoms with Crippen LogP contribution in [0.1, 0.15) is 27.0 Å². The van der Waals surface area contributed by atoms with Crippen molar-refractivity contribution >= 4 is 11.7 Å². The molecule has 3 N–H and O–H groups in total. The summed E-state index contributed by atoms with van der Waals surface area (Å²) < 4.78 is 38.4. The fraction of sp³-hybridized carbons (Fsp3) is 0.143. The van der Waals surface area contributed by atoms with Crippen LogP contribution in [0.4, 0.5) is 19.0 Å². The number of rotatable bonds is 4. The van der Waals surface area contributed by atoms with Gasteiger partial charge in [-0.25, -0.2) is 4.98 Å². The van der Waals surface area contributed by atoms with Gasteiger partial charge >= 0.3 is 6.18 Å². The van der Waals surface area contributed by atoms with E-state index in [4.69, 9.17) is 5.73 Å². The Bertz CT molecular complexity index is 999. The normalized spacial score (nSPS) is 11.3. The maximum absolute atomic E-state index is 12.8. The molecule has 4 nitrogen and oxygen atoms in total. The molecule has 0 saturated carbocycles. The smallest absolute Gasteiger partial charge is 0.326 e. The number of hydrogen-bond acceptors (Lipinski definition) is 3. The highest BCUT2D eigenvalue weighted by Gasteiger charge is 2.30. The highest BCUT2D eigenvalue weighted by atomic mass is 19.4. The molecule has 2 aromatic carbocycles. The Balaban J connectivity index is 1.91. The van der Waals surface area contributed by atoms with Gasteiger partial charge in [-0.1, -0.05) is 30.3 Å². The quantitative estimate of drug-likeness (QED) is 0.679. The number of aromatic nitrogens is 1. The van der Waals surface area contributed by atoms with Gasteiger partial charge < -0.3 is 11.1 Å². The highest BCUT2D eigenvalue weighted by molar-refractivity contribution is 6.08. The van der Waals surface area contributed by atoms with Crippen LogP contribution in [0.15, 0.2) is 60.8 Å². The van der Waals surface area contributed by atoms with E-state index < -0.39 is 17.6 Å². The Morgan fingerprint density at radius 1 is 1.11 bits per heavy atom. The summed E-state index contributed by atoms with van der Waals surface area (Å²) in [6, 6.07) is 13.3. The molecule has 3 aromatic rings. The van der Waals surface area contributed by atoms with Crippen LogP contribution in [0.3, 0.4) is 0 Å². The summed E-state index contributed by atoms with van der Waals surface area (Å²) in [7, 11) is 0. The molecule has 0 radical (unpaired) electrons. The first-order valence-corrected chi connectivity index (χ1v) is 8.53. The molecule has 0 spiro atoms. The van der Waals surface area contributed by atoms with E-state index in [2.05, 4.69) is 10.3 Å². The summed E-state index contributed by atoms with van der Waals surface area (Å²) in [5.41, 5.74) is 7.85. The topological polar surface area (TPSA) is 68.0 Å². The SMILES string of the molecule is Cc1cc(CN)cnc1NC(=O)c1ccccc1-c1ccc(C(F)(F)F)cc1. The van der Waals surface area contributed by atoms with Gasteiger partial charge in [-0.2, -0.15) is 13.2 Å². The lowest BCUT2D eigenvalue weighted by molar-refractivity contribution is -0.137. The number of halogens is 3. The van der Waals surface area contributed by atoms with Gasteiger partial charge in [-0.05, 0) is 53.4 Å². The standard InChI is InChI=1S/C21H18F3N3O/c1-13-10-14(11-25)12-26-19(13)27-20(28)18-5-3-2-4-17(18)15-6-8-16(9-7-15)21(22,23)24/h2-10,12H,11,25H2,1H3,(H,26,27,28). The fourth-order valence-corrected chi connectivity index (χ4v) is 2.82. The third-order valence-electron chi connectivity index (χ3n) is 4.30. The van der Waals surface area contributed by atoms with E-state index in [1.54, 1.807) is 30.5 Å². The molecule has 0 atom stereocenters. The number of carbonyl (C=O) groups is 1. The number of pyridine rings is 1. The van der Waals surface area contributed by atoms with Crippen molar-refractivity contribution in [1.29, 1.82) is 0 Å². The molecule has 0 unspecified atom stereocenters. The molecule has 1 amide bonds. The van der Waals surface area contributed by atoms with E-state index in [-0.39, 0.29) is 0 Å². The molecule has 7 heteroatoms. The maximum Gasteiger partial charge on any atom is 0.416 e. The molecule has 1 heterocycles. The van der Waals surface area contributed by atoms with Gasteiger partial charge in [0, 0.05) is 18.3 Å². The lowest BCUT2D eigenvalue weighted by Gasteiger charge is -2.13. The van der Waals surface area contributed by atoms with Crippen LogP contribution in [-0.4, -0.2) is 10.9 Å². The van der Waals surface area contributed by atoms with Crippen LogP contribution in [0.25, 0.3) is 11.1 Å². The van der Waals surface area contributed by atoms with Crippen molar-refractivity contribution in [3.05, 3.63) is 83.0 Å². The number of anilines is 1. The molecule has 0 fully saturated rings. The van der Waals surface area contributed by atoms with Gasteiger partial charge in [0.25, 0.3) is 5.91 Å². The summed E-state index contributed by atoms with van der Waals surface area (Å²) in [6.07, 6.45) is -2.82. The molecule has 0 aliphatic heterocycles. The molecular formula is C21H18F3N3O. The predicted octanol–water partition coefficient (Wildman–Crippen LogP) is 4.79. The van der Waals surface area contributed by atoms with Gasteiger partial charge in [-0.3, -0.25) is 4.79 Å². The van der Waals surface area contributed by atoms with Crippen LogP contribution >= 0.6 is 0 Å². The fourth-order valence-electron chi connectivity index (χ4n) is 2.82. The van der Waals surface area contributed by atoms with Crippen LogP contribution in [0.2, 0.25) is 0 Å². The number of nitrogens with two attached hydrogens (primary N) is 1. The summed E-state index contributed by atoms with van der Waals surface area (Å²) in [4.78, 5) is 17.0. The minimum atomic E-state index is -4.41. The molecule has 0 bridgehead atoms. The molecule has 0 aliphatic carbocycles. The Morgan fingerprint density at radius 3 is 2.39 bits per heavy atom. The van der Waals surface area contributed by atoms with Crippen molar-refractivity contribution in [2.75, 3.05) is 5.32 Å². The van der Waals surface area contributed by atoms with Gasteiger partial charge in [-0.15, -0.1) is 0 Å². The number of carbonyl (C=O) groups excluding carboxylic acids is 1. The van der Waals surface area contributed by atoms with E-state index in [0.717, 1.165) is 23.3 Å². The van der Waals surface area contributed by atoms with E-state index in [1.165, 1.54) is 12.1 Å². The minimum absolute atomic E-state index is 0.339. The number of nitrogens with one attached hydrogen (secondary N) is 1. The van der Waals surface area contributed by atoms with Crippen LogP contribution in [0.5, 0.6) is 0 Å². The van der Waals surface area contributed by atoms with E-state index >= 15 is 0 Å². The van der Waals surface area contributed by atoms with Crippen LogP contribution < -0.4 is 11.1 Å². The zero-order chi connectivity index (χ0) is 20.3. The van der Waals surface area contributed by atoms with Gasteiger partial charge in [0.15, 0.2) is 0 Å². The molecule has 3 rings (SSSR count). The summed E-state index contributed by atoms with van der Waals surface area (Å²) in [5.74, 6) is 0.0102. The lowest BCUT2D eigenvalue weighted by atomic mass is 9.98. The average molecular weight is 385 g/mol. The highest BCUT2D eigenvalue weighted by Crippen LogP contribution is 2.32. The lowest BCUT2D eigenvalue weighted by Crippen LogP contribution is -2.15. The van der Waals surface area contributed by atoms with E-state index in [1.807, 2.05) is 13.0 Å². The van der Waals surface area contributed by atoms with Crippen molar-refractivity contribution in [3.8, 4) is 11.1 Å². The Hall–Kier alpha value is -3.19. The first kappa shape index (κ1) is 19.6. The second kappa shape index (κ2) is 7.82. The maximum atomic E-state index is 12.8. The zero-order valence-electron chi connectivity index (χ0n) is 15.0. The number of aryl methyl sites for hydroxylation is 1. The first-order chi connectivity index (χ1) is 13.3. The largest absolute Gasteiger partial charge is 0.416 e. The van der Waals surface area contributed by atoms with Crippen LogP contribution in [-0.2, 0) is 12.7 Å². The Kier molecular flexibility index (Phi) is 5.46. The third kappa shape index (κ3) is 4.20. The Labute approximate surface area is 160 Å². The number of alkyl halides is 3. The molecule has 0 aliphatic rings. The average Bonchev–Trinajstić information content (AvgIpc) is 2.69. The van der Waals surface area contributed by atoms with Crippen molar-refractivity contribution in [2.45, 2.75) is 19.6 Å². The van der Waals surface area contributed by atoms with Gasteiger partial charge in [0.2, 0.25) is 0 Å². The zero-order valence-corrected chi connectivity index (χ0v) is 15.0. The monoisotopic (exact) mass is 385 g/mol. The summed E-state index contributed by atoms with van der Waals surface area (Å²) >= 11 is 0. The van der Waals surface area contributed by atoms with Crippen LogP contribution in [0, 0.1) is 6.92 Å². The number of benzene rings is 2. The molecule has 0 saturated heterocycles. The number of amides is 1. The first-order valence-electron chi connectivity index (χ1n) is 8.53. The molecule has 28 heavy (non-hydrogen) atoms.